The fraction of sp³-hybridized carbons (Fsp3) is 0.516. The number of pyridine rings is 1. The number of carbonyl (C=O) groups is 1. The number of nitrogens with zero attached hydrogens (tertiary/aromatic N) is 6. The maximum atomic E-state index is 12.1. The van der Waals surface area contributed by atoms with Gasteiger partial charge < -0.3 is 9.80 Å². The van der Waals surface area contributed by atoms with Crippen molar-refractivity contribution in [3.05, 3.63) is 52.9 Å². The van der Waals surface area contributed by atoms with Crippen LogP contribution < -0.4 is 4.90 Å². The number of hydrogen-bond acceptors (Lipinski definition) is 5. The third-order valence-corrected chi connectivity index (χ3v) is 9.40. The highest BCUT2D eigenvalue weighted by Crippen LogP contribution is 2.46. The molecule has 0 aliphatic carbocycles. The maximum Gasteiger partial charge on any atom is 0.245 e. The minimum Gasteiger partial charge on any atom is -0.356 e. The first-order chi connectivity index (χ1) is 18.1. The molecular formula is C31H40N6O. The zero-order valence-electron chi connectivity index (χ0n) is 23.8. The van der Waals surface area contributed by atoms with Crippen molar-refractivity contribution < 1.29 is 4.79 Å². The molecule has 1 spiro atoms. The second-order valence-corrected chi connectivity index (χ2v) is 12.1. The van der Waals surface area contributed by atoms with Gasteiger partial charge in [0.15, 0.2) is 0 Å². The summed E-state index contributed by atoms with van der Waals surface area (Å²) >= 11 is 0. The molecule has 7 nitrogen and oxygen atoms in total. The van der Waals surface area contributed by atoms with Crippen molar-refractivity contribution >= 4 is 22.6 Å². The van der Waals surface area contributed by atoms with Gasteiger partial charge in [0.05, 0.1) is 17.4 Å². The molecule has 0 N–H and O–H groups in total. The topological polar surface area (TPSA) is 57.5 Å². The number of likely N-dealkylation sites (tertiary alicyclic amines) is 1. The van der Waals surface area contributed by atoms with Crippen molar-refractivity contribution in [2.24, 2.45) is 12.5 Å². The zero-order valence-corrected chi connectivity index (χ0v) is 23.8. The Kier molecular flexibility index (Phi) is 5.91. The van der Waals surface area contributed by atoms with E-state index in [1.807, 2.05) is 15.8 Å². The number of rotatable bonds is 4. The van der Waals surface area contributed by atoms with E-state index in [0.29, 0.717) is 6.04 Å². The summed E-state index contributed by atoms with van der Waals surface area (Å²) < 4.78 is 2.04. The number of amides is 1. The van der Waals surface area contributed by atoms with Crippen LogP contribution in [0.1, 0.15) is 48.2 Å². The molecule has 1 aromatic carbocycles. The minimum absolute atomic E-state index is 0.0448. The molecule has 200 valence electrons. The van der Waals surface area contributed by atoms with Crippen LogP contribution in [0.3, 0.4) is 0 Å². The average Bonchev–Trinajstić information content (AvgIpc) is 3.48. The van der Waals surface area contributed by atoms with Gasteiger partial charge in [0, 0.05) is 68.7 Å². The van der Waals surface area contributed by atoms with Gasteiger partial charge >= 0.3 is 0 Å². The highest BCUT2D eigenvalue weighted by Gasteiger charge is 2.49. The molecule has 7 heteroatoms. The molecule has 0 atom stereocenters. The molecule has 0 radical (unpaired) electrons. The Morgan fingerprint density at radius 1 is 1.11 bits per heavy atom. The highest BCUT2D eigenvalue weighted by molar-refractivity contribution is 5.99. The van der Waals surface area contributed by atoms with Crippen molar-refractivity contribution in [3.63, 3.8) is 0 Å². The number of carbonyl (C=O) groups excluding carboxylic acids is 1. The van der Waals surface area contributed by atoms with Crippen molar-refractivity contribution in [2.75, 3.05) is 37.6 Å². The lowest BCUT2D eigenvalue weighted by molar-refractivity contribution is -0.136. The second-order valence-electron chi connectivity index (χ2n) is 12.1. The van der Waals surface area contributed by atoms with E-state index >= 15 is 0 Å². The molecule has 2 saturated heterocycles. The van der Waals surface area contributed by atoms with Gasteiger partial charge in [-0.2, -0.15) is 5.10 Å². The summed E-state index contributed by atoms with van der Waals surface area (Å²) in [5, 5.41) is 5.84. The predicted molar refractivity (Wildman–Crippen MR) is 153 cm³/mol. The van der Waals surface area contributed by atoms with Crippen LogP contribution in [0.5, 0.6) is 0 Å². The number of aryl methyl sites for hydroxylation is 2. The van der Waals surface area contributed by atoms with Crippen LogP contribution in [0.15, 0.2) is 24.9 Å². The third kappa shape index (κ3) is 3.77. The van der Waals surface area contributed by atoms with Crippen molar-refractivity contribution in [3.8, 4) is 11.1 Å². The molecule has 3 aliphatic rings. The zero-order chi connectivity index (χ0) is 26.9. The molecule has 6 rings (SSSR count). The molecule has 0 saturated carbocycles. The van der Waals surface area contributed by atoms with Crippen molar-refractivity contribution in [2.45, 2.75) is 60.0 Å². The Morgan fingerprint density at radius 2 is 1.87 bits per heavy atom. The summed E-state index contributed by atoms with van der Waals surface area (Å²) in [4.78, 5) is 24.5. The number of fused-ring (bicyclic) bond motifs is 2. The van der Waals surface area contributed by atoms with Crippen LogP contribution in [-0.2, 0) is 24.8 Å². The lowest BCUT2D eigenvalue weighted by atomic mass is 9.79. The molecule has 0 unspecified atom stereocenters. The summed E-state index contributed by atoms with van der Waals surface area (Å²) in [7, 11) is 2.06. The van der Waals surface area contributed by atoms with Crippen LogP contribution in [0, 0.1) is 26.2 Å². The Balaban J connectivity index is 1.49. The van der Waals surface area contributed by atoms with Crippen LogP contribution in [0.4, 0.5) is 5.82 Å². The Morgan fingerprint density at radius 3 is 2.58 bits per heavy atom. The lowest BCUT2D eigenvalue weighted by Gasteiger charge is -2.47. The van der Waals surface area contributed by atoms with E-state index in [-0.39, 0.29) is 11.3 Å². The van der Waals surface area contributed by atoms with Gasteiger partial charge in [-0.25, -0.2) is 4.98 Å². The number of benzene rings is 1. The van der Waals surface area contributed by atoms with Crippen molar-refractivity contribution in [1.82, 2.24) is 24.6 Å². The van der Waals surface area contributed by atoms with E-state index in [1.54, 1.807) is 0 Å². The van der Waals surface area contributed by atoms with E-state index in [2.05, 4.69) is 69.2 Å². The monoisotopic (exact) mass is 512 g/mol. The predicted octanol–water partition coefficient (Wildman–Crippen LogP) is 4.55. The van der Waals surface area contributed by atoms with Crippen LogP contribution in [-0.4, -0.2) is 69.2 Å². The molecule has 5 heterocycles. The third-order valence-electron chi connectivity index (χ3n) is 9.40. The molecule has 38 heavy (non-hydrogen) atoms. The molecular weight excluding hydrogens is 472 g/mol. The molecule has 2 aromatic heterocycles. The summed E-state index contributed by atoms with van der Waals surface area (Å²) in [5.41, 5.74) is 10.6. The Bertz CT molecular complexity index is 1460. The van der Waals surface area contributed by atoms with Gasteiger partial charge in [-0.05, 0) is 87.4 Å². The summed E-state index contributed by atoms with van der Waals surface area (Å²) in [6, 6.07) is 2.75. The minimum atomic E-state index is 0.0448. The summed E-state index contributed by atoms with van der Waals surface area (Å²) in [6.07, 6.45) is 5.53. The summed E-state index contributed by atoms with van der Waals surface area (Å²) in [5.74, 6) is 1.16. The van der Waals surface area contributed by atoms with Crippen molar-refractivity contribution in [1.29, 1.82) is 0 Å². The molecule has 3 aromatic rings. The smallest absolute Gasteiger partial charge is 0.245 e. The van der Waals surface area contributed by atoms with E-state index in [9.17, 15) is 4.79 Å². The second kappa shape index (κ2) is 8.94. The molecule has 2 fully saturated rings. The lowest BCUT2D eigenvalue weighted by Crippen LogP contribution is -2.59. The SMILES string of the molecule is C=CC(=O)N1CC2(CCN(c3nc4c(c(-c5c(C)c(C)cc6cnn(C)c56)c3C)CCN(C(C)C)C4)C2)C1. The van der Waals surface area contributed by atoms with Gasteiger partial charge in [-0.3, -0.25) is 14.4 Å². The van der Waals surface area contributed by atoms with Crippen LogP contribution in [0.2, 0.25) is 0 Å². The Hall–Kier alpha value is -3.19. The van der Waals surface area contributed by atoms with Crippen LogP contribution in [0.25, 0.3) is 22.0 Å². The van der Waals surface area contributed by atoms with E-state index in [0.717, 1.165) is 57.9 Å². The summed E-state index contributed by atoms with van der Waals surface area (Å²) in [6.45, 7) is 20.5. The van der Waals surface area contributed by atoms with Crippen LogP contribution >= 0.6 is 0 Å². The van der Waals surface area contributed by atoms with Gasteiger partial charge in [0.2, 0.25) is 5.91 Å². The number of hydrogen-bond donors (Lipinski definition) is 0. The number of aromatic nitrogens is 3. The quantitative estimate of drug-likeness (QED) is 0.480. The molecule has 0 bridgehead atoms. The fourth-order valence-electron chi connectivity index (χ4n) is 7.09. The van der Waals surface area contributed by atoms with Gasteiger partial charge in [0.1, 0.15) is 5.82 Å². The normalized spacial score (nSPS) is 18.9. The van der Waals surface area contributed by atoms with Gasteiger partial charge in [-0.15, -0.1) is 0 Å². The highest BCUT2D eigenvalue weighted by atomic mass is 16.2. The average molecular weight is 513 g/mol. The maximum absolute atomic E-state index is 12.1. The van der Waals surface area contributed by atoms with Gasteiger partial charge in [0.25, 0.3) is 0 Å². The van der Waals surface area contributed by atoms with Gasteiger partial charge in [-0.1, -0.05) is 6.58 Å². The Labute approximate surface area is 226 Å². The largest absolute Gasteiger partial charge is 0.356 e. The molecule has 1 amide bonds. The first-order valence-corrected chi connectivity index (χ1v) is 14.0. The number of anilines is 1. The molecule has 3 aliphatic heterocycles. The van der Waals surface area contributed by atoms with E-state index in [1.165, 1.54) is 56.1 Å². The fourth-order valence-corrected chi connectivity index (χ4v) is 7.09. The first kappa shape index (κ1) is 25.1. The first-order valence-electron chi connectivity index (χ1n) is 14.0. The standard InChI is InChI=1S/C31H40N6O/c1-8-26(38)37-17-31(18-37)10-12-36(16-31)30-22(6)27(24-9-11-35(19(2)3)15-25(24)33-30)28-21(5)20(4)13-23-14-32-34(7)29(23)28/h8,13-14,19H,1,9-12,15-18H2,2-7H3. The van der Waals surface area contributed by atoms with E-state index < -0.39 is 0 Å². The van der Waals surface area contributed by atoms with E-state index in [4.69, 9.17) is 4.98 Å².